The number of aromatic hydroxyl groups is 1. The van der Waals surface area contributed by atoms with Gasteiger partial charge in [-0.1, -0.05) is 46.4 Å². The fraction of sp³-hybridized carbons (Fsp3) is 0.0500. The zero-order valence-electron chi connectivity index (χ0n) is 31.9. The lowest BCUT2D eigenvalue weighted by Gasteiger charge is -2.14. The van der Waals surface area contributed by atoms with Gasteiger partial charge in [0.15, 0.2) is 0 Å². The number of hydrogen-bond donors (Lipinski definition) is 5. The molecular formula is C40H25Cl4F7N6O8. The number of pyridine rings is 2. The van der Waals surface area contributed by atoms with Crippen molar-refractivity contribution in [2.75, 3.05) is 10.6 Å². The van der Waals surface area contributed by atoms with E-state index in [0.29, 0.717) is 0 Å². The number of carbonyl (C=O) groups is 4. The zero-order valence-corrected chi connectivity index (χ0v) is 34.9. The lowest BCUT2D eigenvalue weighted by atomic mass is 10.1. The van der Waals surface area contributed by atoms with Crippen molar-refractivity contribution in [1.82, 2.24) is 9.97 Å². The predicted molar refractivity (Wildman–Crippen MR) is 222 cm³/mol. The van der Waals surface area contributed by atoms with E-state index in [2.05, 4.69) is 30.1 Å². The van der Waals surface area contributed by atoms with Gasteiger partial charge in [0, 0.05) is 16.1 Å². The van der Waals surface area contributed by atoms with Crippen LogP contribution in [0.2, 0.25) is 20.1 Å². The van der Waals surface area contributed by atoms with Gasteiger partial charge in [-0.05, 0) is 91.0 Å². The van der Waals surface area contributed by atoms with Crippen LogP contribution in [0.5, 0.6) is 28.7 Å². The molecule has 25 heteroatoms. The van der Waals surface area contributed by atoms with E-state index in [4.69, 9.17) is 67.7 Å². The lowest BCUT2D eigenvalue weighted by molar-refractivity contribution is -0.275. The molecule has 0 atom stereocenters. The van der Waals surface area contributed by atoms with Crippen molar-refractivity contribution in [2.24, 2.45) is 11.5 Å². The molecule has 4 amide bonds. The van der Waals surface area contributed by atoms with Crippen molar-refractivity contribution in [3.8, 4) is 28.7 Å². The van der Waals surface area contributed by atoms with Crippen molar-refractivity contribution in [3.05, 3.63) is 158 Å². The van der Waals surface area contributed by atoms with Gasteiger partial charge in [0.25, 0.3) is 23.6 Å². The number of amides is 4. The van der Waals surface area contributed by atoms with Gasteiger partial charge >= 0.3 is 12.7 Å². The summed E-state index contributed by atoms with van der Waals surface area (Å²) in [6.07, 6.45) is -7.07. The van der Waals surface area contributed by atoms with Crippen LogP contribution in [0.1, 0.15) is 41.7 Å². The van der Waals surface area contributed by atoms with Crippen LogP contribution < -0.4 is 36.3 Å². The van der Waals surface area contributed by atoms with Gasteiger partial charge < -0.3 is 41.4 Å². The van der Waals surface area contributed by atoms with E-state index in [1.807, 2.05) is 0 Å². The molecule has 14 nitrogen and oxygen atoms in total. The summed E-state index contributed by atoms with van der Waals surface area (Å²) in [6, 6.07) is 19.1. The summed E-state index contributed by atoms with van der Waals surface area (Å²) in [5.74, 6) is -4.57. The van der Waals surface area contributed by atoms with Crippen LogP contribution in [0, 0.1) is 5.82 Å². The fourth-order valence-electron chi connectivity index (χ4n) is 4.71. The number of benzene rings is 4. The Labute approximate surface area is 380 Å². The van der Waals surface area contributed by atoms with Gasteiger partial charge in [-0.3, -0.25) is 19.2 Å². The second-order valence-electron chi connectivity index (χ2n) is 12.2. The molecule has 4 aromatic carbocycles. The standard InChI is InChI=1S/C20H12Cl2F3N3O4.C13H8Cl2FN3O2.C7H5F3O2/c21-10-7-14(22)17(19(30)28-11-1-6-15(18(26)29)27-9-11)16(8-10)31-12-2-4-13(5-3-12)32-20(23,24)25;14-6-3-8(15)11(9(16)4-6)13(21)19-7-1-2-10(12(17)20)18-5-7;8-7(9,10)12-6-3-1-5(11)2-4-6/h1-9H,(H2,26,29)(H,28,30);1-5H,(H2,17,20)(H,19,21);1-4,11H. The summed E-state index contributed by atoms with van der Waals surface area (Å²) in [7, 11) is 0. The first kappa shape index (κ1) is 50.6. The summed E-state index contributed by atoms with van der Waals surface area (Å²) >= 11 is 23.6. The third-order valence-corrected chi connectivity index (χ3v) is 8.42. The number of aromatic nitrogens is 2. The van der Waals surface area contributed by atoms with E-state index in [1.54, 1.807) is 0 Å². The Morgan fingerprint density at radius 1 is 0.569 bits per heavy atom. The van der Waals surface area contributed by atoms with Crippen molar-refractivity contribution >= 4 is 81.4 Å². The van der Waals surface area contributed by atoms with Crippen molar-refractivity contribution in [1.29, 1.82) is 0 Å². The topological polar surface area (TPSA) is 218 Å². The predicted octanol–water partition coefficient (Wildman–Crippen LogP) is 10.6. The zero-order chi connectivity index (χ0) is 48.2. The van der Waals surface area contributed by atoms with Gasteiger partial charge in [-0.25, -0.2) is 14.4 Å². The molecule has 2 aromatic heterocycles. The number of nitrogens with zero attached hydrogens (tertiary/aromatic N) is 2. The van der Waals surface area contributed by atoms with Crippen LogP contribution in [-0.4, -0.2) is 51.4 Å². The van der Waals surface area contributed by atoms with Crippen molar-refractivity contribution in [3.63, 3.8) is 0 Å². The molecule has 6 aromatic rings. The van der Waals surface area contributed by atoms with Gasteiger partial charge in [0.1, 0.15) is 51.5 Å². The smallest absolute Gasteiger partial charge is 0.508 e. The molecule has 0 fully saturated rings. The quantitative estimate of drug-likeness (QED) is 0.0818. The first-order valence-electron chi connectivity index (χ1n) is 17.2. The minimum atomic E-state index is -4.83. The average molecular weight is 992 g/mol. The molecule has 6 rings (SSSR count). The first-order chi connectivity index (χ1) is 30.4. The second-order valence-corrected chi connectivity index (χ2v) is 13.9. The number of halogens is 11. The Bertz CT molecular complexity index is 2640. The molecule has 0 saturated carbocycles. The maximum atomic E-state index is 13.7. The van der Waals surface area contributed by atoms with Crippen LogP contribution in [-0.2, 0) is 0 Å². The number of carbonyl (C=O) groups excluding carboxylic acids is 4. The minimum Gasteiger partial charge on any atom is -0.508 e. The Hall–Kier alpha value is -7.07. The molecule has 0 aliphatic rings. The van der Waals surface area contributed by atoms with E-state index >= 15 is 0 Å². The number of anilines is 2. The summed E-state index contributed by atoms with van der Waals surface area (Å²) < 4.78 is 98.3. The molecule has 0 saturated heterocycles. The van der Waals surface area contributed by atoms with Gasteiger partial charge in [-0.2, -0.15) is 0 Å². The third-order valence-electron chi connectivity index (χ3n) is 7.38. The molecule has 65 heavy (non-hydrogen) atoms. The van der Waals surface area contributed by atoms with Crippen LogP contribution in [0.4, 0.5) is 42.1 Å². The van der Waals surface area contributed by atoms with Crippen molar-refractivity contribution < 1.29 is 69.2 Å². The third kappa shape index (κ3) is 16.2. The second kappa shape index (κ2) is 22.0. The number of alkyl halides is 6. The SMILES string of the molecule is NC(=O)c1ccc(NC(=O)c2c(Cl)cc(Cl)cc2Oc2ccc(OC(F)(F)F)cc2)cn1.NC(=O)c1ccc(NC(=O)c2c(F)cc(Cl)cc2Cl)cn1.Oc1ccc(OC(F)(F)F)cc1. The summed E-state index contributed by atoms with van der Waals surface area (Å²) in [4.78, 5) is 54.3. The summed E-state index contributed by atoms with van der Waals surface area (Å²) in [5, 5.41) is 13.8. The number of rotatable bonds is 10. The molecule has 0 bridgehead atoms. The highest BCUT2D eigenvalue weighted by Gasteiger charge is 2.32. The van der Waals surface area contributed by atoms with Gasteiger partial charge in [0.2, 0.25) is 0 Å². The highest BCUT2D eigenvalue weighted by molar-refractivity contribution is 6.38. The molecule has 340 valence electrons. The van der Waals surface area contributed by atoms with Crippen LogP contribution in [0.15, 0.2) is 109 Å². The number of hydrogen-bond acceptors (Lipinski definition) is 10. The normalized spacial score (nSPS) is 10.8. The molecule has 0 aliphatic carbocycles. The number of ether oxygens (including phenoxy) is 3. The van der Waals surface area contributed by atoms with Crippen molar-refractivity contribution in [2.45, 2.75) is 12.7 Å². The van der Waals surface area contributed by atoms with Crippen LogP contribution in [0.3, 0.4) is 0 Å². The highest BCUT2D eigenvalue weighted by atomic mass is 35.5. The molecule has 0 radical (unpaired) electrons. The van der Waals surface area contributed by atoms with Gasteiger partial charge in [0.05, 0.1) is 39.4 Å². The number of primary amides is 2. The fourth-order valence-corrected chi connectivity index (χ4v) is 5.82. The molecular weight excluding hydrogens is 967 g/mol. The Balaban J connectivity index is 0.000000239. The number of phenolic OH excluding ortho intramolecular Hbond substituents is 1. The average Bonchev–Trinajstić information content (AvgIpc) is 3.19. The van der Waals surface area contributed by atoms with E-state index in [9.17, 15) is 49.9 Å². The van der Waals surface area contributed by atoms with Crippen LogP contribution >= 0.6 is 46.4 Å². The first-order valence-corrected chi connectivity index (χ1v) is 18.7. The largest absolute Gasteiger partial charge is 0.573 e. The monoisotopic (exact) mass is 990 g/mol. The number of nitrogens with one attached hydrogen (secondary N) is 2. The molecule has 7 N–H and O–H groups in total. The molecule has 0 unspecified atom stereocenters. The van der Waals surface area contributed by atoms with Gasteiger partial charge in [-0.15, -0.1) is 26.3 Å². The van der Waals surface area contributed by atoms with Crippen LogP contribution in [0.25, 0.3) is 0 Å². The van der Waals surface area contributed by atoms with E-state index in [0.717, 1.165) is 42.5 Å². The minimum absolute atomic E-state index is 0.00879. The maximum absolute atomic E-state index is 13.7. The number of phenols is 1. The molecule has 0 spiro atoms. The summed E-state index contributed by atoms with van der Waals surface area (Å²) in [5.41, 5.74) is 10.3. The van der Waals surface area contributed by atoms with E-state index in [1.165, 1.54) is 67.0 Å². The summed E-state index contributed by atoms with van der Waals surface area (Å²) in [6.45, 7) is 0. The Morgan fingerprint density at radius 2 is 0.969 bits per heavy atom. The Morgan fingerprint density at radius 3 is 1.37 bits per heavy atom. The highest BCUT2D eigenvalue weighted by Crippen LogP contribution is 2.36. The maximum Gasteiger partial charge on any atom is 0.573 e. The Kier molecular flexibility index (Phi) is 17.1. The number of nitrogens with two attached hydrogens (primary N) is 2. The van der Waals surface area contributed by atoms with E-state index < -0.39 is 47.9 Å². The molecule has 2 heterocycles. The lowest BCUT2D eigenvalue weighted by Crippen LogP contribution is -2.17. The van der Waals surface area contributed by atoms with E-state index in [-0.39, 0.29) is 77.0 Å². The molecule has 0 aliphatic heterocycles.